The van der Waals surface area contributed by atoms with E-state index in [0.717, 1.165) is 5.39 Å². The van der Waals surface area contributed by atoms with Crippen molar-refractivity contribution in [2.75, 3.05) is 0 Å². The van der Waals surface area contributed by atoms with Crippen molar-refractivity contribution in [3.05, 3.63) is 98.0 Å². The van der Waals surface area contributed by atoms with Gasteiger partial charge >= 0.3 is 0 Å². The molecule has 0 bridgehead atoms. The van der Waals surface area contributed by atoms with Crippen LogP contribution in [-0.2, 0) is 0 Å². The lowest BCUT2D eigenvalue weighted by atomic mass is 9.98. The summed E-state index contributed by atoms with van der Waals surface area (Å²) in [6.45, 7) is 0. The van der Waals surface area contributed by atoms with Gasteiger partial charge in [-0.15, -0.1) is 0 Å². The van der Waals surface area contributed by atoms with Crippen molar-refractivity contribution in [2.24, 2.45) is 0 Å². The zero-order chi connectivity index (χ0) is 16.0. The van der Waals surface area contributed by atoms with E-state index in [1.807, 2.05) is 18.2 Å². The van der Waals surface area contributed by atoms with Gasteiger partial charge in [0.25, 0.3) is 0 Å². The molecule has 0 atom stereocenters. The molecule has 0 aromatic heterocycles. The summed E-state index contributed by atoms with van der Waals surface area (Å²) in [5.41, 5.74) is -0.405. The van der Waals surface area contributed by atoms with E-state index in [1.54, 1.807) is 48.5 Å². The van der Waals surface area contributed by atoms with Gasteiger partial charge in [-0.2, -0.15) is 0 Å². The van der Waals surface area contributed by atoms with E-state index in [2.05, 4.69) is 0 Å². The van der Waals surface area contributed by atoms with Crippen molar-refractivity contribution >= 4 is 27.3 Å². The molecule has 0 amide bonds. The molecule has 0 saturated heterocycles. The average molecular weight is 300 g/mol. The van der Waals surface area contributed by atoms with Crippen molar-refractivity contribution < 1.29 is 5.11 Å². The Morgan fingerprint density at radius 2 is 1.26 bits per heavy atom. The molecule has 4 aromatic rings. The van der Waals surface area contributed by atoms with Crippen molar-refractivity contribution in [3.63, 3.8) is 0 Å². The Bertz CT molecular complexity index is 1130. The van der Waals surface area contributed by atoms with Gasteiger partial charge in [0, 0.05) is 21.7 Å². The monoisotopic (exact) mass is 300 g/mol. The van der Waals surface area contributed by atoms with E-state index in [4.69, 9.17) is 0 Å². The van der Waals surface area contributed by atoms with Crippen LogP contribution in [0.25, 0.3) is 27.3 Å². The normalized spacial score (nSPS) is 11.1. The first-order valence-electron chi connectivity index (χ1n) is 7.28. The molecule has 0 unspecified atom stereocenters. The minimum absolute atomic E-state index is 0.164. The second-order valence-electron chi connectivity index (χ2n) is 5.46. The van der Waals surface area contributed by atoms with E-state index in [1.165, 1.54) is 0 Å². The molecule has 0 aliphatic heterocycles. The molecule has 0 aliphatic rings. The van der Waals surface area contributed by atoms with Gasteiger partial charge in [0.05, 0.1) is 0 Å². The van der Waals surface area contributed by atoms with Gasteiger partial charge < -0.3 is 5.11 Å². The molecule has 23 heavy (non-hydrogen) atoms. The highest BCUT2D eigenvalue weighted by molar-refractivity contribution is 6.09. The summed E-state index contributed by atoms with van der Waals surface area (Å²) in [6, 6.07) is 19.3. The molecule has 0 radical (unpaired) electrons. The van der Waals surface area contributed by atoms with Gasteiger partial charge in [0.15, 0.2) is 0 Å². The smallest absolute Gasteiger partial charge is 0.201 e. The maximum Gasteiger partial charge on any atom is 0.201 e. The maximum absolute atomic E-state index is 12.8. The Kier molecular flexibility index (Phi) is 2.88. The van der Waals surface area contributed by atoms with Crippen LogP contribution in [0.5, 0.6) is 0 Å². The fourth-order valence-electron chi connectivity index (χ4n) is 3.05. The van der Waals surface area contributed by atoms with Gasteiger partial charge in [-0.1, -0.05) is 66.7 Å². The largest absolute Gasteiger partial charge is 0.506 e. The van der Waals surface area contributed by atoms with Crippen molar-refractivity contribution in [1.82, 2.24) is 0 Å². The summed E-state index contributed by atoms with van der Waals surface area (Å²) >= 11 is 0. The van der Waals surface area contributed by atoms with E-state index in [0.29, 0.717) is 21.7 Å². The van der Waals surface area contributed by atoms with Gasteiger partial charge in [0.1, 0.15) is 11.0 Å². The van der Waals surface area contributed by atoms with Crippen molar-refractivity contribution in [3.8, 4) is 0 Å². The van der Waals surface area contributed by atoms with E-state index >= 15 is 0 Å². The number of hydrogen-bond acceptors (Lipinski definition) is 3. The fourth-order valence-corrected chi connectivity index (χ4v) is 3.05. The van der Waals surface area contributed by atoms with Gasteiger partial charge in [-0.25, -0.2) is 0 Å². The van der Waals surface area contributed by atoms with Crippen LogP contribution in [0.3, 0.4) is 0 Å². The average Bonchev–Trinajstić information content (AvgIpc) is 2.60. The van der Waals surface area contributed by atoms with Crippen molar-refractivity contribution in [1.29, 1.82) is 0 Å². The van der Waals surface area contributed by atoms with Crippen LogP contribution in [0, 0.1) is 0 Å². The van der Waals surface area contributed by atoms with Crippen LogP contribution in [0.2, 0.25) is 0 Å². The van der Waals surface area contributed by atoms with Gasteiger partial charge in [-0.3, -0.25) is 9.59 Å². The molecule has 1 N–H and O–H groups in total. The quantitative estimate of drug-likeness (QED) is 0.588. The maximum atomic E-state index is 12.8. The summed E-state index contributed by atoms with van der Waals surface area (Å²) in [6.07, 6.45) is 0. The molecule has 0 fully saturated rings. The van der Waals surface area contributed by atoms with E-state index in [-0.39, 0.29) is 11.0 Å². The second-order valence-corrected chi connectivity index (χ2v) is 5.46. The lowest BCUT2D eigenvalue weighted by molar-refractivity contribution is 0.507. The van der Waals surface area contributed by atoms with Crippen molar-refractivity contribution in [2.45, 2.75) is 0 Å². The molecular weight excluding hydrogens is 288 g/mol. The minimum Gasteiger partial charge on any atom is -0.506 e. The number of hydrogen-bond donors (Lipinski definition) is 1. The number of aliphatic hydroxyl groups excluding tert-OH is 1. The Balaban J connectivity index is 2.31. The molecule has 110 valence electrons. The first-order valence-corrected chi connectivity index (χ1v) is 7.28. The zero-order valence-electron chi connectivity index (χ0n) is 12.1. The van der Waals surface area contributed by atoms with Crippen LogP contribution >= 0.6 is 0 Å². The first kappa shape index (κ1) is 13.5. The van der Waals surface area contributed by atoms with Crippen LogP contribution < -0.4 is 16.1 Å². The third kappa shape index (κ3) is 1.90. The summed E-state index contributed by atoms with van der Waals surface area (Å²) in [5, 5.41) is 12.8. The zero-order valence-corrected chi connectivity index (χ0v) is 12.1. The second kappa shape index (κ2) is 4.92. The van der Waals surface area contributed by atoms with Crippen LogP contribution in [0.4, 0.5) is 0 Å². The molecular formula is C20H12O3. The minimum atomic E-state index is -0.430. The topological polar surface area (TPSA) is 54.4 Å². The molecule has 3 nitrogen and oxygen atoms in total. The molecule has 0 heterocycles. The van der Waals surface area contributed by atoms with Crippen LogP contribution in [0.15, 0.2) is 76.3 Å². The Morgan fingerprint density at radius 1 is 0.696 bits per heavy atom. The van der Waals surface area contributed by atoms with Gasteiger partial charge in [-0.05, 0) is 5.39 Å². The van der Waals surface area contributed by atoms with E-state index < -0.39 is 10.9 Å². The highest BCUT2D eigenvalue weighted by Gasteiger charge is 2.14. The summed E-state index contributed by atoms with van der Waals surface area (Å²) in [4.78, 5) is 25.6. The lowest BCUT2D eigenvalue weighted by Crippen LogP contribution is -2.41. The standard InChI is InChI=1S/C20H12O3/c21-18(13-6-2-1-3-7-13)17-19(22)14-10-4-8-12-9-5-11-15(16(12)14)20(17)23/h1-11,21H. The Hall–Kier alpha value is -3.20. The summed E-state index contributed by atoms with van der Waals surface area (Å²) in [5.74, 6) is -0.271. The number of benzene rings is 4. The number of rotatable bonds is 1. The molecule has 0 aliphatic carbocycles. The molecule has 0 spiro atoms. The first-order chi connectivity index (χ1) is 11.2. The molecule has 4 rings (SSSR count). The van der Waals surface area contributed by atoms with Crippen LogP contribution in [-0.4, -0.2) is 5.11 Å². The van der Waals surface area contributed by atoms with E-state index in [9.17, 15) is 14.7 Å². The summed E-state index contributed by atoms with van der Waals surface area (Å²) < 4.78 is 0. The van der Waals surface area contributed by atoms with Crippen LogP contribution in [0.1, 0.15) is 5.56 Å². The predicted molar refractivity (Wildman–Crippen MR) is 92.0 cm³/mol. The Labute approximate surface area is 131 Å². The highest BCUT2D eigenvalue weighted by atomic mass is 16.3. The lowest BCUT2D eigenvalue weighted by Gasteiger charge is -2.05. The third-order valence-corrected chi connectivity index (χ3v) is 4.13. The highest BCUT2D eigenvalue weighted by Crippen LogP contribution is 2.21. The SMILES string of the molecule is O=c1c(=C(O)c2ccccc2)c(=O)c2cccc3cccc1c32. The molecule has 3 heteroatoms. The molecule has 4 aromatic carbocycles. The molecule has 0 saturated carbocycles. The Morgan fingerprint density at radius 3 is 1.83 bits per heavy atom. The van der Waals surface area contributed by atoms with Gasteiger partial charge in [0.2, 0.25) is 10.9 Å². The summed E-state index contributed by atoms with van der Waals surface area (Å²) in [7, 11) is 0. The fraction of sp³-hybridized carbons (Fsp3) is 0. The third-order valence-electron chi connectivity index (χ3n) is 4.13. The predicted octanol–water partition coefficient (Wildman–Crippen LogP) is 2.58. The number of aliphatic hydroxyl groups is 1.